The number of hydrogen-bond donors (Lipinski definition) is 0. The zero-order chi connectivity index (χ0) is 11.4. The summed E-state index contributed by atoms with van der Waals surface area (Å²) in [6.07, 6.45) is 5.06. The van der Waals surface area contributed by atoms with Crippen molar-refractivity contribution in [3.05, 3.63) is 54.2 Å². The van der Waals surface area contributed by atoms with Crippen LogP contribution in [0.2, 0.25) is 0 Å². The van der Waals surface area contributed by atoms with Crippen LogP contribution in [0.3, 0.4) is 0 Å². The largest absolute Gasteiger partial charge is 0.353 e. The Labute approximate surface area is 93.6 Å². The molecule has 0 unspecified atom stereocenters. The van der Waals surface area contributed by atoms with Crippen molar-refractivity contribution in [2.45, 2.75) is 6.54 Å². The maximum Gasteiger partial charge on any atom is 0.165 e. The highest BCUT2D eigenvalue weighted by Gasteiger charge is 2.08. The highest BCUT2D eigenvalue weighted by Crippen LogP contribution is 2.15. The Hall–Kier alpha value is -1.97. The summed E-state index contributed by atoms with van der Waals surface area (Å²) >= 11 is 0. The Balaban J connectivity index is 2.15. The molecule has 0 aliphatic carbocycles. The molecule has 0 atom stereocenters. The van der Waals surface area contributed by atoms with E-state index in [1.807, 2.05) is 12.1 Å². The predicted octanol–water partition coefficient (Wildman–Crippen LogP) is 2.25. The molecule has 0 N–H and O–H groups in total. The maximum absolute atomic E-state index is 13.4. The fraction of sp³-hybridized carbons (Fsp3) is 0.167. The maximum atomic E-state index is 13.4. The van der Waals surface area contributed by atoms with Gasteiger partial charge in [-0.25, -0.2) is 9.37 Å². The van der Waals surface area contributed by atoms with Gasteiger partial charge in [0.1, 0.15) is 0 Å². The first-order valence-corrected chi connectivity index (χ1v) is 4.98. The van der Waals surface area contributed by atoms with Gasteiger partial charge in [0.15, 0.2) is 11.6 Å². The van der Waals surface area contributed by atoms with E-state index in [9.17, 15) is 4.39 Å². The molecular weight excluding hydrogens is 205 g/mol. The summed E-state index contributed by atoms with van der Waals surface area (Å²) in [5.74, 6) is 0.0419. The first-order chi connectivity index (χ1) is 7.77. The summed E-state index contributed by atoms with van der Waals surface area (Å²) in [6.45, 7) is 0.585. The van der Waals surface area contributed by atoms with E-state index in [4.69, 9.17) is 0 Å². The minimum atomic E-state index is -0.311. The molecule has 2 heterocycles. The van der Waals surface area contributed by atoms with E-state index < -0.39 is 0 Å². The van der Waals surface area contributed by atoms with E-state index in [0.717, 1.165) is 5.56 Å². The molecular formula is C12H12FN3. The van der Waals surface area contributed by atoms with Gasteiger partial charge in [-0.2, -0.15) is 0 Å². The van der Waals surface area contributed by atoms with Gasteiger partial charge in [-0.1, -0.05) is 6.07 Å². The zero-order valence-electron chi connectivity index (χ0n) is 8.97. The zero-order valence-corrected chi connectivity index (χ0v) is 8.97. The third kappa shape index (κ3) is 2.34. The van der Waals surface area contributed by atoms with Crippen LogP contribution < -0.4 is 4.90 Å². The topological polar surface area (TPSA) is 29.0 Å². The third-order valence-corrected chi connectivity index (χ3v) is 2.24. The summed E-state index contributed by atoms with van der Waals surface area (Å²) in [6, 6.07) is 6.79. The first kappa shape index (κ1) is 10.5. The number of halogens is 1. The minimum Gasteiger partial charge on any atom is -0.353 e. The van der Waals surface area contributed by atoms with Crippen LogP contribution in [0.4, 0.5) is 10.2 Å². The minimum absolute atomic E-state index is 0.311. The molecule has 0 spiro atoms. The lowest BCUT2D eigenvalue weighted by Gasteiger charge is -2.18. The molecule has 0 aromatic carbocycles. The SMILES string of the molecule is CN(Cc1cccnc1)c1ncccc1F. The summed E-state index contributed by atoms with van der Waals surface area (Å²) in [5, 5.41) is 0. The second-order valence-electron chi connectivity index (χ2n) is 3.53. The van der Waals surface area contributed by atoms with Crippen molar-refractivity contribution >= 4 is 5.82 Å². The van der Waals surface area contributed by atoms with Gasteiger partial charge in [-0.3, -0.25) is 4.98 Å². The highest BCUT2D eigenvalue weighted by atomic mass is 19.1. The van der Waals surface area contributed by atoms with Gasteiger partial charge in [0.25, 0.3) is 0 Å². The molecule has 2 aromatic rings. The van der Waals surface area contributed by atoms with Crippen molar-refractivity contribution in [1.82, 2.24) is 9.97 Å². The molecule has 0 aliphatic rings. The average Bonchev–Trinajstić information content (AvgIpc) is 2.31. The predicted molar refractivity (Wildman–Crippen MR) is 60.5 cm³/mol. The van der Waals surface area contributed by atoms with Crippen molar-refractivity contribution in [2.75, 3.05) is 11.9 Å². The van der Waals surface area contributed by atoms with Crippen LogP contribution in [0.25, 0.3) is 0 Å². The Morgan fingerprint density at radius 3 is 2.75 bits per heavy atom. The number of hydrogen-bond acceptors (Lipinski definition) is 3. The molecule has 0 saturated heterocycles. The fourth-order valence-electron chi connectivity index (χ4n) is 1.50. The van der Waals surface area contributed by atoms with Crippen LogP contribution in [0.1, 0.15) is 5.56 Å². The van der Waals surface area contributed by atoms with Crippen molar-refractivity contribution in [1.29, 1.82) is 0 Å². The normalized spacial score (nSPS) is 10.1. The Kier molecular flexibility index (Phi) is 3.10. The molecule has 2 aromatic heterocycles. The van der Waals surface area contributed by atoms with E-state index in [1.54, 1.807) is 36.6 Å². The van der Waals surface area contributed by atoms with Crippen LogP contribution in [0.15, 0.2) is 42.9 Å². The summed E-state index contributed by atoms with van der Waals surface area (Å²) < 4.78 is 13.4. The van der Waals surface area contributed by atoms with E-state index in [-0.39, 0.29) is 5.82 Å². The van der Waals surface area contributed by atoms with Gasteiger partial charge in [-0.15, -0.1) is 0 Å². The van der Waals surface area contributed by atoms with Gasteiger partial charge in [-0.05, 0) is 23.8 Å². The monoisotopic (exact) mass is 217 g/mol. The summed E-state index contributed by atoms with van der Waals surface area (Å²) in [4.78, 5) is 9.77. The number of anilines is 1. The molecule has 0 fully saturated rings. The second-order valence-corrected chi connectivity index (χ2v) is 3.53. The Bertz CT molecular complexity index is 459. The molecule has 0 saturated carbocycles. The molecule has 0 bridgehead atoms. The van der Waals surface area contributed by atoms with E-state index in [1.165, 1.54) is 6.07 Å². The van der Waals surface area contributed by atoms with E-state index >= 15 is 0 Å². The quantitative estimate of drug-likeness (QED) is 0.789. The van der Waals surface area contributed by atoms with Gasteiger partial charge < -0.3 is 4.90 Å². The highest BCUT2D eigenvalue weighted by molar-refractivity contribution is 5.39. The van der Waals surface area contributed by atoms with Crippen LogP contribution in [-0.4, -0.2) is 17.0 Å². The number of rotatable bonds is 3. The molecule has 2 rings (SSSR count). The number of nitrogens with zero attached hydrogens (tertiary/aromatic N) is 3. The second kappa shape index (κ2) is 4.70. The lowest BCUT2D eigenvalue weighted by atomic mass is 10.2. The van der Waals surface area contributed by atoms with Crippen molar-refractivity contribution in [3.8, 4) is 0 Å². The van der Waals surface area contributed by atoms with E-state index in [0.29, 0.717) is 12.4 Å². The third-order valence-electron chi connectivity index (χ3n) is 2.24. The smallest absolute Gasteiger partial charge is 0.165 e. The first-order valence-electron chi connectivity index (χ1n) is 4.98. The lowest BCUT2D eigenvalue weighted by molar-refractivity contribution is 0.614. The summed E-state index contributed by atoms with van der Waals surface area (Å²) in [5.41, 5.74) is 1.02. The van der Waals surface area contributed by atoms with Crippen molar-refractivity contribution in [2.24, 2.45) is 0 Å². The van der Waals surface area contributed by atoms with Gasteiger partial charge in [0.2, 0.25) is 0 Å². The summed E-state index contributed by atoms with van der Waals surface area (Å²) in [7, 11) is 1.80. The number of aromatic nitrogens is 2. The molecule has 16 heavy (non-hydrogen) atoms. The van der Waals surface area contributed by atoms with Gasteiger partial charge in [0.05, 0.1) is 0 Å². The van der Waals surface area contributed by atoms with Crippen LogP contribution >= 0.6 is 0 Å². The Morgan fingerprint density at radius 2 is 2.06 bits per heavy atom. The van der Waals surface area contributed by atoms with Crippen LogP contribution in [-0.2, 0) is 6.54 Å². The van der Waals surface area contributed by atoms with E-state index in [2.05, 4.69) is 9.97 Å². The molecule has 0 aliphatic heterocycles. The Morgan fingerprint density at radius 1 is 1.25 bits per heavy atom. The molecule has 82 valence electrons. The standard InChI is InChI=1S/C12H12FN3/c1-16(9-10-4-2-6-14-8-10)12-11(13)5-3-7-15-12/h2-8H,9H2,1H3. The van der Waals surface area contributed by atoms with Crippen molar-refractivity contribution in [3.63, 3.8) is 0 Å². The van der Waals surface area contributed by atoms with Crippen LogP contribution in [0.5, 0.6) is 0 Å². The van der Waals surface area contributed by atoms with Crippen molar-refractivity contribution < 1.29 is 4.39 Å². The molecule has 0 radical (unpaired) electrons. The lowest BCUT2D eigenvalue weighted by Crippen LogP contribution is -2.19. The van der Waals surface area contributed by atoms with Crippen LogP contribution in [0, 0.1) is 5.82 Å². The number of pyridine rings is 2. The average molecular weight is 217 g/mol. The molecule has 3 nitrogen and oxygen atoms in total. The van der Waals surface area contributed by atoms with Gasteiger partial charge in [0, 0.05) is 32.2 Å². The molecule has 4 heteroatoms. The fourth-order valence-corrected chi connectivity index (χ4v) is 1.50. The van der Waals surface area contributed by atoms with Gasteiger partial charge >= 0.3 is 0 Å². The molecule has 0 amide bonds.